The zero-order chi connectivity index (χ0) is 21.9. The lowest BCUT2D eigenvalue weighted by Crippen LogP contribution is -2.30. The van der Waals surface area contributed by atoms with Gasteiger partial charge in [-0.05, 0) is 62.4 Å². The first-order chi connectivity index (χ1) is 14.2. The van der Waals surface area contributed by atoms with E-state index in [2.05, 4.69) is 10.0 Å². The molecular formula is C21H22ClN3O4S. The van der Waals surface area contributed by atoms with Crippen molar-refractivity contribution in [2.75, 3.05) is 12.4 Å². The van der Waals surface area contributed by atoms with E-state index in [9.17, 15) is 13.2 Å². The Morgan fingerprint density at radius 2 is 1.80 bits per heavy atom. The predicted molar refractivity (Wildman–Crippen MR) is 117 cm³/mol. The minimum atomic E-state index is -3.86. The number of hydrogen-bond acceptors (Lipinski definition) is 4. The van der Waals surface area contributed by atoms with E-state index in [4.69, 9.17) is 16.3 Å². The van der Waals surface area contributed by atoms with Crippen LogP contribution in [0.25, 0.3) is 5.69 Å². The number of hydrogen-bond donors (Lipinski definition) is 2. The van der Waals surface area contributed by atoms with E-state index in [1.165, 1.54) is 25.3 Å². The van der Waals surface area contributed by atoms with Crippen LogP contribution >= 0.6 is 11.6 Å². The summed E-state index contributed by atoms with van der Waals surface area (Å²) in [5.74, 6) is -0.311. The van der Waals surface area contributed by atoms with Crippen LogP contribution in [-0.2, 0) is 10.0 Å². The third kappa shape index (κ3) is 4.84. The molecule has 30 heavy (non-hydrogen) atoms. The number of nitrogens with one attached hydrogen (secondary N) is 2. The predicted octanol–water partition coefficient (Wildman–Crippen LogP) is 4.08. The molecule has 0 unspecified atom stereocenters. The first kappa shape index (κ1) is 21.9. The van der Waals surface area contributed by atoms with E-state index in [0.717, 1.165) is 0 Å². The van der Waals surface area contributed by atoms with Crippen LogP contribution in [0.5, 0.6) is 5.75 Å². The first-order valence-electron chi connectivity index (χ1n) is 9.16. The van der Waals surface area contributed by atoms with Gasteiger partial charge >= 0.3 is 0 Å². The summed E-state index contributed by atoms with van der Waals surface area (Å²) in [5, 5.41) is 3.35. The smallest absolute Gasteiger partial charge is 0.255 e. The van der Waals surface area contributed by atoms with Gasteiger partial charge in [0.1, 0.15) is 10.6 Å². The van der Waals surface area contributed by atoms with Gasteiger partial charge in [-0.2, -0.15) is 0 Å². The minimum Gasteiger partial charge on any atom is -0.495 e. The number of amides is 1. The highest BCUT2D eigenvalue weighted by Gasteiger charge is 2.23. The molecule has 0 bridgehead atoms. The fraction of sp³-hybridized carbons (Fsp3) is 0.190. The van der Waals surface area contributed by atoms with Gasteiger partial charge in [-0.3, -0.25) is 4.79 Å². The summed E-state index contributed by atoms with van der Waals surface area (Å²) in [6.07, 6.45) is 3.66. The number of benzene rings is 2. The van der Waals surface area contributed by atoms with E-state index in [-0.39, 0.29) is 22.3 Å². The molecule has 0 aliphatic carbocycles. The van der Waals surface area contributed by atoms with Crippen molar-refractivity contribution in [1.82, 2.24) is 9.29 Å². The number of methoxy groups -OCH3 is 1. The van der Waals surface area contributed by atoms with E-state index in [0.29, 0.717) is 16.4 Å². The van der Waals surface area contributed by atoms with Crippen LogP contribution < -0.4 is 14.8 Å². The van der Waals surface area contributed by atoms with Crippen molar-refractivity contribution < 1.29 is 17.9 Å². The van der Waals surface area contributed by atoms with Gasteiger partial charge in [-0.1, -0.05) is 11.6 Å². The number of halogens is 1. The number of anilines is 1. The van der Waals surface area contributed by atoms with E-state index < -0.39 is 15.9 Å². The summed E-state index contributed by atoms with van der Waals surface area (Å²) >= 11 is 6.12. The average Bonchev–Trinajstić information content (AvgIpc) is 3.22. The largest absolute Gasteiger partial charge is 0.495 e. The molecule has 0 radical (unpaired) electrons. The maximum Gasteiger partial charge on any atom is 0.255 e. The summed E-state index contributed by atoms with van der Waals surface area (Å²) in [6, 6.07) is 12.8. The van der Waals surface area contributed by atoms with Gasteiger partial charge in [0.2, 0.25) is 10.0 Å². The summed E-state index contributed by atoms with van der Waals surface area (Å²) in [5.41, 5.74) is 1.39. The molecule has 3 rings (SSSR count). The van der Waals surface area contributed by atoms with Gasteiger partial charge in [-0.15, -0.1) is 0 Å². The summed E-state index contributed by atoms with van der Waals surface area (Å²) in [6.45, 7) is 3.42. The van der Waals surface area contributed by atoms with Gasteiger partial charge in [-0.25, -0.2) is 13.1 Å². The molecule has 0 spiro atoms. The molecule has 0 aliphatic rings. The lowest BCUT2D eigenvalue weighted by Gasteiger charge is -2.15. The maximum absolute atomic E-state index is 12.9. The average molecular weight is 448 g/mol. The standard InChI is InChI=1S/C21H22ClN3O4S/c1-14(2)24-30(27,28)20-12-15(6-9-19(20)29-3)21(26)23-17-8-7-16(22)13-18(17)25-10-4-5-11-25/h4-14,24H,1-3H3,(H,23,26). The highest BCUT2D eigenvalue weighted by atomic mass is 35.5. The summed E-state index contributed by atoms with van der Waals surface area (Å²) in [4.78, 5) is 12.8. The van der Waals surface area contributed by atoms with Crippen LogP contribution in [0.3, 0.4) is 0 Å². The van der Waals surface area contributed by atoms with Gasteiger partial charge in [0.25, 0.3) is 5.91 Å². The lowest BCUT2D eigenvalue weighted by atomic mass is 10.2. The Balaban J connectivity index is 1.97. The van der Waals surface area contributed by atoms with Crippen molar-refractivity contribution in [2.45, 2.75) is 24.8 Å². The Morgan fingerprint density at radius 1 is 1.10 bits per heavy atom. The maximum atomic E-state index is 12.9. The van der Waals surface area contributed by atoms with Crippen LogP contribution in [0.15, 0.2) is 65.8 Å². The van der Waals surface area contributed by atoms with Crippen LogP contribution in [0.2, 0.25) is 5.02 Å². The molecule has 3 aromatic rings. The van der Waals surface area contributed by atoms with Crippen LogP contribution in [-0.4, -0.2) is 32.0 Å². The number of nitrogens with zero attached hydrogens (tertiary/aromatic N) is 1. The third-order valence-corrected chi connectivity index (χ3v) is 6.11. The molecule has 1 aromatic heterocycles. The number of ether oxygens (including phenoxy) is 1. The van der Waals surface area contributed by atoms with Crippen molar-refractivity contribution in [3.8, 4) is 11.4 Å². The number of rotatable bonds is 7. The number of carbonyl (C=O) groups excluding carboxylic acids is 1. The Morgan fingerprint density at radius 3 is 2.43 bits per heavy atom. The van der Waals surface area contributed by atoms with Gasteiger partial charge < -0.3 is 14.6 Å². The topological polar surface area (TPSA) is 89.4 Å². The molecule has 0 aliphatic heterocycles. The fourth-order valence-electron chi connectivity index (χ4n) is 2.92. The molecule has 9 heteroatoms. The van der Waals surface area contributed by atoms with E-state index in [1.807, 2.05) is 29.1 Å². The number of aromatic nitrogens is 1. The zero-order valence-corrected chi connectivity index (χ0v) is 18.3. The first-order valence-corrected chi connectivity index (χ1v) is 11.0. The molecule has 2 N–H and O–H groups in total. The quantitative estimate of drug-likeness (QED) is 0.571. The summed E-state index contributed by atoms with van der Waals surface area (Å²) < 4.78 is 34.8. The number of sulfonamides is 1. The van der Waals surface area contributed by atoms with Crippen molar-refractivity contribution >= 4 is 33.2 Å². The van der Waals surface area contributed by atoms with E-state index in [1.54, 1.807) is 32.0 Å². The Kier molecular flexibility index (Phi) is 6.50. The van der Waals surface area contributed by atoms with E-state index >= 15 is 0 Å². The molecule has 0 fully saturated rings. The van der Waals surface area contributed by atoms with Crippen LogP contribution in [0.1, 0.15) is 24.2 Å². The van der Waals surface area contributed by atoms with Gasteiger partial charge in [0.05, 0.1) is 18.5 Å². The zero-order valence-electron chi connectivity index (χ0n) is 16.7. The SMILES string of the molecule is COc1ccc(C(=O)Nc2ccc(Cl)cc2-n2cccc2)cc1S(=O)(=O)NC(C)C. The lowest BCUT2D eigenvalue weighted by molar-refractivity contribution is 0.102. The monoisotopic (exact) mass is 447 g/mol. The Labute approximate surface area is 180 Å². The molecular weight excluding hydrogens is 426 g/mol. The third-order valence-electron chi connectivity index (χ3n) is 4.20. The second-order valence-electron chi connectivity index (χ2n) is 6.85. The molecule has 7 nitrogen and oxygen atoms in total. The van der Waals surface area contributed by atoms with Crippen LogP contribution in [0.4, 0.5) is 5.69 Å². The number of carbonyl (C=O) groups is 1. The van der Waals surface area contributed by atoms with Gasteiger partial charge in [0, 0.05) is 29.0 Å². The molecule has 1 heterocycles. The highest BCUT2D eigenvalue weighted by Crippen LogP contribution is 2.28. The van der Waals surface area contributed by atoms with Crippen molar-refractivity contribution in [2.24, 2.45) is 0 Å². The normalized spacial score (nSPS) is 11.5. The Bertz CT molecular complexity index is 1160. The minimum absolute atomic E-state index is 0.104. The van der Waals surface area contributed by atoms with Crippen molar-refractivity contribution in [3.05, 3.63) is 71.5 Å². The van der Waals surface area contributed by atoms with Crippen LogP contribution in [0, 0.1) is 0 Å². The molecule has 2 aromatic carbocycles. The summed E-state index contributed by atoms with van der Waals surface area (Å²) in [7, 11) is -2.48. The second-order valence-corrected chi connectivity index (χ2v) is 8.97. The highest BCUT2D eigenvalue weighted by molar-refractivity contribution is 7.89. The van der Waals surface area contributed by atoms with Crippen molar-refractivity contribution in [1.29, 1.82) is 0 Å². The second kappa shape index (κ2) is 8.91. The molecule has 158 valence electrons. The Hall–Kier alpha value is -2.81. The molecule has 0 atom stereocenters. The molecule has 0 saturated carbocycles. The fourth-order valence-corrected chi connectivity index (χ4v) is 4.53. The molecule has 1 amide bonds. The van der Waals surface area contributed by atoms with Crippen molar-refractivity contribution in [3.63, 3.8) is 0 Å². The van der Waals surface area contributed by atoms with Gasteiger partial charge in [0.15, 0.2) is 0 Å². The molecule has 0 saturated heterocycles.